The number of carbonyl (C=O) groups is 2. The molecule has 0 aliphatic heterocycles. The van der Waals surface area contributed by atoms with Crippen LogP contribution in [0.3, 0.4) is 0 Å². The first-order valence-electron chi connectivity index (χ1n) is 6.97. The molecule has 1 aromatic carbocycles. The highest BCUT2D eigenvalue weighted by atomic mass is 32.2. The third-order valence-corrected chi connectivity index (χ3v) is 3.81. The molecule has 0 aliphatic carbocycles. The fourth-order valence-electron chi connectivity index (χ4n) is 1.74. The Labute approximate surface area is 137 Å². The average Bonchev–Trinajstić information content (AvgIpc) is 2.52. The van der Waals surface area contributed by atoms with E-state index in [9.17, 15) is 19.7 Å². The monoisotopic (exact) mass is 338 g/mol. The minimum atomic E-state index is -1.08. The lowest BCUT2D eigenvalue weighted by Crippen LogP contribution is -2.40. The highest BCUT2D eigenvalue weighted by Crippen LogP contribution is 2.14. The maximum absolute atomic E-state index is 11.8. The van der Waals surface area contributed by atoms with Crippen molar-refractivity contribution in [2.24, 2.45) is 0 Å². The van der Waals surface area contributed by atoms with Gasteiger partial charge in [-0.25, -0.2) is 4.79 Å². The second-order valence-corrected chi connectivity index (χ2v) is 5.96. The number of hydrogen-bond acceptors (Lipinski definition) is 5. The summed E-state index contributed by atoms with van der Waals surface area (Å²) < 4.78 is 0. The minimum absolute atomic E-state index is 0.0763. The number of hydrogen-bond donors (Lipinski definition) is 2. The number of nitrogens with one attached hydrogen (secondary N) is 1. The largest absolute Gasteiger partial charge is 0.480 e. The van der Waals surface area contributed by atoms with Crippen molar-refractivity contribution in [3.63, 3.8) is 0 Å². The summed E-state index contributed by atoms with van der Waals surface area (Å²) in [7, 11) is 0. The number of nitrogens with zero attached hydrogens (tertiary/aromatic N) is 1. The molecule has 0 saturated heterocycles. The Bertz CT molecular complexity index is 603. The number of nitro benzene ring substituents is 1. The van der Waals surface area contributed by atoms with E-state index in [4.69, 9.17) is 5.11 Å². The Morgan fingerprint density at radius 1 is 1.48 bits per heavy atom. The van der Waals surface area contributed by atoms with E-state index in [0.717, 1.165) is 5.75 Å². The van der Waals surface area contributed by atoms with E-state index in [0.29, 0.717) is 17.7 Å². The SMILES string of the molecule is CCSCCC(NC(=O)/C=C/c1cccc([N+](=O)[O-])c1)C(=O)O. The molecule has 0 heterocycles. The van der Waals surface area contributed by atoms with E-state index >= 15 is 0 Å². The van der Waals surface area contributed by atoms with Crippen molar-refractivity contribution in [1.29, 1.82) is 0 Å². The summed E-state index contributed by atoms with van der Waals surface area (Å²) in [5, 5.41) is 22.2. The van der Waals surface area contributed by atoms with Gasteiger partial charge in [0.05, 0.1) is 4.92 Å². The highest BCUT2D eigenvalue weighted by Gasteiger charge is 2.18. The van der Waals surface area contributed by atoms with Crippen LogP contribution in [0.25, 0.3) is 6.08 Å². The zero-order chi connectivity index (χ0) is 17.2. The molecule has 8 heteroatoms. The van der Waals surface area contributed by atoms with Crippen molar-refractivity contribution < 1.29 is 19.6 Å². The Kier molecular flexibility index (Phi) is 7.82. The van der Waals surface area contributed by atoms with Crippen LogP contribution in [-0.2, 0) is 9.59 Å². The lowest BCUT2D eigenvalue weighted by Gasteiger charge is -2.12. The van der Waals surface area contributed by atoms with Crippen molar-refractivity contribution in [1.82, 2.24) is 5.32 Å². The van der Waals surface area contributed by atoms with E-state index in [1.807, 2.05) is 6.92 Å². The Morgan fingerprint density at radius 3 is 2.83 bits per heavy atom. The first-order valence-corrected chi connectivity index (χ1v) is 8.13. The van der Waals surface area contributed by atoms with Crippen LogP contribution in [0.4, 0.5) is 5.69 Å². The van der Waals surface area contributed by atoms with E-state index in [1.165, 1.54) is 30.4 Å². The molecule has 2 N–H and O–H groups in total. The fraction of sp³-hybridized carbons (Fsp3) is 0.333. The third-order valence-electron chi connectivity index (χ3n) is 2.88. The second-order valence-electron chi connectivity index (χ2n) is 4.57. The number of thioether (sulfide) groups is 1. The molecule has 0 fully saturated rings. The van der Waals surface area contributed by atoms with Crippen molar-refractivity contribution in [2.45, 2.75) is 19.4 Å². The smallest absolute Gasteiger partial charge is 0.326 e. The van der Waals surface area contributed by atoms with Gasteiger partial charge in [-0.1, -0.05) is 19.1 Å². The van der Waals surface area contributed by atoms with E-state index in [2.05, 4.69) is 5.32 Å². The van der Waals surface area contributed by atoms with Gasteiger partial charge in [-0.15, -0.1) is 0 Å². The molecule has 1 aromatic rings. The van der Waals surface area contributed by atoms with Crippen molar-refractivity contribution in [3.8, 4) is 0 Å². The van der Waals surface area contributed by atoms with Gasteiger partial charge in [0.15, 0.2) is 0 Å². The number of benzene rings is 1. The molecule has 23 heavy (non-hydrogen) atoms. The number of carbonyl (C=O) groups excluding carboxylic acids is 1. The molecule has 0 spiro atoms. The molecule has 0 aromatic heterocycles. The van der Waals surface area contributed by atoms with Gasteiger partial charge in [0, 0.05) is 18.2 Å². The van der Waals surface area contributed by atoms with Gasteiger partial charge in [-0.2, -0.15) is 11.8 Å². The summed E-state index contributed by atoms with van der Waals surface area (Å²) in [6.45, 7) is 1.97. The van der Waals surface area contributed by atoms with Gasteiger partial charge in [0.25, 0.3) is 5.69 Å². The summed E-state index contributed by atoms with van der Waals surface area (Å²) in [4.78, 5) is 33.0. The zero-order valence-corrected chi connectivity index (χ0v) is 13.4. The predicted molar refractivity (Wildman–Crippen MR) is 89.3 cm³/mol. The van der Waals surface area contributed by atoms with Crippen LogP contribution in [0.2, 0.25) is 0 Å². The van der Waals surface area contributed by atoms with Crippen LogP contribution in [0, 0.1) is 10.1 Å². The van der Waals surface area contributed by atoms with E-state index < -0.39 is 22.8 Å². The Hall–Kier alpha value is -2.35. The summed E-state index contributed by atoms with van der Waals surface area (Å²) >= 11 is 1.60. The van der Waals surface area contributed by atoms with Gasteiger partial charge in [0.1, 0.15) is 6.04 Å². The summed E-state index contributed by atoms with van der Waals surface area (Å²) in [6, 6.07) is 4.86. The molecule has 0 bridgehead atoms. The number of carboxylic acids is 1. The number of non-ortho nitro benzene ring substituents is 1. The third kappa shape index (κ3) is 6.96. The van der Waals surface area contributed by atoms with Crippen LogP contribution in [0.1, 0.15) is 18.9 Å². The van der Waals surface area contributed by atoms with Gasteiger partial charge in [0.2, 0.25) is 5.91 Å². The average molecular weight is 338 g/mol. The molecule has 1 amide bonds. The molecule has 1 unspecified atom stereocenters. The molecule has 0 radical (unpaired) electrons. The van der Waals surface area contributed by atoms with Gasteiger partial charge in [-0.05, 0) is 29.6 Å². The van der Waals surface area contributed by atoms with Crippen molar-refractivity contribution in [2.75, 3.05) is 11.5 Å². The topological polar surface area (TPSA) is 110 Å². The molecule has 7 nitrogen and oxygen atoms in total. The number of nitro groups is 1. The fourth-order valence-corrected chi connectivity index (χ4v) is 2.43. The predicted octanol–water partition coefficient (Wildman–Crippen LogP) is 2.32. The molecule has 124 valence electrons. The first kappa shape index (κ1) is 18.7. The maximum Gasteiger partial charge on any atom is 0.326 e. The number of amides is 1. The van der Waals surface area contributed by atoms with Gasteiger partial charge in [-0.3, -0.25) is 14.9 Å². The Morgan fingerprint density at radius 2 is 2.22 bits per heavy atom. The summed E-state index contributed by atoms with van der Waals surface area (Å²) in [6.07, 6.45) is 2.91. The zero-order valence-electron chi connectivity index (χ0n) is 12.6. The van der Waals surface area contributed by atoms with Gasteiger partial charge >= 0.3 is 5.97 Å². The first-order chi connectivity index (χ1) is 10.9. The number of rotatable bonds is 9. The Balaban J connectivity index is 2.64. The van der Waals surface area contributed by atoms with E-state index in [-0.39, 0.29) is 5.69 Å². The molecular weight excluding hydrogens is 320 g/mol. The van der Waals surface area contributed by atoms with E-state index in [1.54, 1.807) is 17.8 Å². The van der Waals surface area contributed by atoms with Crippen LogP contribution in [-0.4, -0.2) is 39.5 Å². The molecular formula is C15H18N2O5S. The van der Waals surface area contributed by atoms with Crippen molar-refractivity contribution in [3.05, 3.63) is 46.0 Å². The normalized spacial score (nSPS) is 12.0. The molecule has 0 saturated carbocycles. The van der Waals surface area contributed by atoms with Crippen LogP contribution >= 0.6 is 11.8 Å². The number of carboxylic acid groups (broad SMARTS) is 1. The van der Waals surface area contributed by atoms with Gasteiger partial charge < -0.3 is 10.4 Å². The minimum Gasteiger partial charge on any atom is -0.480 e. The van der Waals surface area contributed by atoms with Crippen LogP contribution in [0.5, 0.6) is 0 Å². The van der Waals surface area contributed by atoms with Crippen molar-refractivity contribution >= 4 is 35.4 Å². The molecule has 1 rings (SSSR count). The summed E-state index contributed by atoms with van der Waals surface area (Å²) in [5.74, 6) is -0.112. The molecule has 1 atom stereocenters. The maximum atomic E-state index is 11.8. The van der Waals surface area contributed by atoms with Crippen LogP contribution in [0.15, 0.2) is 30.3 Å². The second kappa shape index (κ2) is 9.62. The lowest BCUT2D eigenvalue weighted by molar-refractivity contribution is -0.384. The molecule has 0 aliphatic rings. The summed E-state index contributed by atoms with van der Waals surface area (Å²) in [5.41, 5.74) is 0.412. The number of aliphatic carboxylic acids is 1. The lowest BCUT2D eigenvalue weighted by atomic mass is 10.2. The standard InChI is InChI=1S/C15H18N2O5S/c1-2-23-9-8-13(15(19)20)16-14(18)7-6-11-4-3-5-12(10-11)17(21)22/h3-7,10,13H,2,8-9H2,1H3,(H,16,18)(H,19,20)/b7-6+. The highest BCUT2D eigenvalue weighted by molar-refractivity contribution is 7.99. The van der Waals surface area contributed by atoms with Crippen LogP contribution < -0.4 is 5.32 Å². The quantitative estimate of drug-likeness (QED) is 0.309.